The van der Waals surface area contributed by atoms with E-state index in [1.807, 2.05) is 66.7 Å². The van der Waals surface area contributed by atoms with E-state index < -0.39 is 0 Å². The minimum atomic E-state index is -0.362. The van der Waals surface area contributed by atoms with E-state index in [0.717, 1.165) is 62.5 Å². The van der Waals surface area contributed by atoms with Gasteiger partial charge in [-0.15, -0.1) is 0 Å². The van der Waals surface area contributed by atoms with Gasteiger partial charge in [0, 0.05) is 6.07 Å². The van der Waals surface area contributed by atoms with Gasteiger partial charge in [0.25, 0.3) is 5.91 Å². The molecule has 9 nitrogen and oxygen atoms in total. The highest BCUT2D eigenvalue weighted by molar-refractivity contribution is 5.93. The fourth-order valence-corrected chi connectivity index (χ4v) is 5.88. The number of ether oxygens (including phenoxy) is 2. The summed E-state index contributed by atoms with van der Waals surface area (Å²) in [5.41, 5.74) is 2.46. The Morgan fingerprint density at radius 1 is 0.810 bits per heavy atom. The van der Waals surface area contributed by atoms with Crippen molar-refractivity contribution in [1.82, 2.24) is 20.4 Å². The van der Waals surface area contributed by atoms with Crippen LogP contribution in [0.2, 0.25) is 0 Å². The van der Waals surface area contributed by atoms with Crippen LogP contribution in [-0.4, -0.2) is 45.9 Å². The van der Waals surface area contributed by atoms with E-state index in [4.69, 9.17) is 9.47 Å². The van der Waals surface area contributed by atoms with E-state index in [1.54, 1.807) is 0 Å². The quantitative estimate of drug-likeness (QED) is 0.347. The molecule has 2 aliphatic rings. The summed E-state index contributed by atoms with van der Waals surface area (Å²) in [4.78, 5) is 26.6. The highest BCUT2D eigenvalue weighted by atomic mass is 16.5. The first-order valence-corrected chi connectivity index (χ1v) is 15.0. The molecule has 0 saturated heterocycles. The minimum Gasteiger partial charge on any atom is -0.371 e. The van der Waals surface area contributed by atoms with E-state index in [9.17, 15) is 14.9 Å². The molecule has 2 N–H and O–H groups in total. The van der Waals surface area contributed by atoms with Gasteiger partial charge in [0.2, 0.25) is 5.91 Å². The smallest absolute Gasteiger partial charge is 0.269 e. The van der Waals surface area contributed by atoms with Crippen LogP contribution in [0.5, 0.6) is 0 Å². The predicted octanol–water partition coefficient (Wildman–Crippen LogP) is 4.66. The van der Waals surface area contributed by atoms with Gasteiger partial charge in [-0.25, -0.2) is 4.68 Å². The van der Waals surface area contributed by atoms with Crippen LogP contribution in [0.1, 0.15) is 78.7 Å². The van der Waals surface area contributed by atoms with E-state index in [1.165, 1.54) is 10.7 Å². The molecular formula is C33H39N5O4. The van der Waals surface area contributed by atoms with Crippen LogP contribution in [0.15, 0.2) is 66.7 Å². The van der Waals surface area contributed by atoms with E-state index in [0.29, 0.717) is 13.2 Å². The summed E-state index contributed by atoms with van der Waals surface area (Å²) >= 11 is 0. The van der Waals surface area contributed by atoms with Crippen LogP contribution < -0.4 is 10.6 Å². The van der Waals surface area contributed by atoms with Crippen LogP contribution in [0.4, 0.5) is 0 Å². The molecule has 2 fully saturated rings. The van der Waals surface area contributed by atoms with Crippen molar-refractivity contribution in [2.24, 2.45) is 0 Å². The Morgan fingerprint density at radius 2 is 1.33 bits per heavy atom. The maximum Gasteiger partial charge on any atom is 0.269 e. The summed E-state index contributed by atoms with van der Waals surface area (Å²) in [5, 5.41) is 19.9. The zero-order valence-electron chi connectivity index (χ0n) is 23.9. The number of carbonyl (C=O) groups is 2. The first-order valence-electron chi connectivity index (χ1n) is 15.0. The topological polar surface area (TPSA) is 118 Å². The van der Waals surface area contributed by atoms with Gasteiger partial charge in [-0.2, -0.15) is 10.4 Å². The maximum atomic E-state index is 13.4. The molecule has 220 valence electrons. The SMILES string of the molecule is N#Cc1cc(C(=O)N[C@H]2CCCC[C@@H]2OCc2ccccc2)n(CC(=O)NC2CCCC[C@@H]2OCc2ccccc2)n1. The van der Waals surface area contributed by atoms with Gasteiger partial charge < -0.3 is 20.1 Å². The molecule has 2 amide bonds. The van der Waals surface area contributed by atoms with Gasteiger partial charge >= 0.3 is 0 Å². The van der Waals surface area contributed by atoms with Crippen molar-refractivity contribution >= 4 is 11.8 Å². The van der Waals surface area contributed by atoms with Crippen LogP contribution in [0.3, 0.4) is 0 Å². The molecule has 2 aliphatic carbocycles. The number of benzene rings is 2. The second-order valence-corrected chi connectivity index (χ2v) is 11.2. The number of carbonyl (C=O) groups excluding carboxylic acids is 2. The van der Waals surface area contributed by atoms with Crippen molar-refractivity contribution in [2.75, 3.05) is 0 Å². The molecule has 0 spiro atoms. The van der Waals surface area contributed by atoms with Crippen molar-refractivity contribution in [3.63, 3.8) is 0 Å². The summed E-state index contributed by atoms with van der Waals surface area (Å²) in [6, 6.07) is 23.1. The average Bonchev–Trinajstić information content (AvgIpc) is 3.44. The second kappa shape index (κ2) is 14.8. The van der Waals surface area contributed by atoms with Gasteiger partial charge in [0.15, 0.2) is 5.69 Å². The fourth-order valence-electron chi connectivity index (χ4n) is 5.88. The van der Waals surface area contributed by atoms with Crippen molar-refractivity contribution in [3.8, 4) is 6.07 Å². The van der Waals surface area contributed by atoms with E-state index in [2.05, 4.69) is 15.7 Å². The molecular weight excluding hydrogens is 530 g/mol. The van der Waals surface area contributed by atoms with Crippen LogP contribution in [-0.2, 0) is 34.0 Å². The predicted molar refractivity (Wildman–Crippen MR) is 157 cm³/mol. The molecule has 0 radical (unpaired) electrons. The number of hydrogen-bond donors (Lipinski definition) is 2. The lowest BCUT2D eigenvalue weighted by Crippen LogP contribution is -2.48. The largest absolute Gasteiger partial charge is 0.371 e. The van der Waals surface area contributed by atoms with Crippen molar-refractivity contribution in [2.45, 2.75) is 95.4 Å². The summed E-state index contributed by atoms with van der Waals surface area (Å²) < 4.78 is 13.7. The number of hydrogen-bond acceptors (Lipinski definition) is 6. The molecule has 2 aromatic carbocycles. The normalized spacial score (nSPS) is 22.2. The molecule has 42 heavy (non-hydrogen) atoms. The average molecular weight is 570 g/mol. The third kappa shape index (κ3) is 8.05. The third-order valence-corrected chi connectivity index (χ3v) is 8.10. The minimum absolute atomic E-state index is 0.0860. The fraction of sp³-hybridized carbons (Fsp3) is 0.455. The highest BCUT2D eigenvalue weighted by Gasteiger charge is 2.30. The number of nitrogens with zero attached hydrogens (tertiary/aromatic N) is 3. The second-order valence-electron chi connectivity index (χ2n) is 11.2. The van der Waals surface area contributed by atoms with Crippen LogP contribution >= 0.6 is 0 Å². The first-order chi connectivity index (χ1) is 20.6. The Balaban J connectivity index is 1.20. The number of nitriles is 1. The highest BCUT2D eigenvalue weighted by Crippen LogP contribution is 2.24. The van der Waals surface area contributed by atoms with Crippen molar-refractivity contribution in [1.29, 1.82) is 5.26 Å². The Bertz CT molecular complexity index is 1350. The lowest BCUT2D eigenvalue weighted by Gasteiger charge is -2.32. The molecule has 3 aromatic rings. The van der Waals surface area contributed by atoms with Crippen molar-refractivity contribution < 1.29 is 19.1 Å². The molecule has 1 unspecified atom stereocenters. The Hall–Kier alpha value is -4.00. The van der Waals surface area contributed by atoms with Gasteiger partial charge in [-0.1, -0.05) is 86.3 Å². The molecule has 0 aliphatic heterocycles. The standard InChI is InChI=1S/C33H39N5O4/c34-20-26-19-29(33(40)36-28-16-8-10-18-31(28)42-23-25-13-5-2-6-14-25)38(37-26)21-32(39)35-27-15-7-9-17-30(27)41-22-24-11-3-1-4-12-24/h1-6,11-14,19,27-28,30-31H,7-10,15-18,21-23H2,(H,35,39)(H,36,40)/t27?,28-,30-,31-/m0/s1. The lowest BCUT2D eigenvalue weighted by molar-refractivity contribution is -0.124. The van der Waals surface area contributed by atoms with Crippen LogP contribution in [0.25, 0.3) is 0 Å². The number of amides is 2. The van der Waals surface area contributed by atoms with Crippen LogP contribution in [0, 0.1) is 11.3 Å². The Labute approximate surface area is 247 Å². The third-order valence-electron chi connectivity index (χ3n) is 8.10. The molecule has 5 rings (SSSR count). The van der Waals surface area contributed by atoms with Gasteiger partial charge in [0.1, 0.15) is 18.3 Å². The molecule has 2 saturated carbocycles. The Morgan fingerprint density at radius 3 is 1.88 bits per heavy atom. The molecule has 1 heterocycles. The zero-order chi connectivity index (χ0) is 29.1. The number of rotatable bonds is 11. The van der Waals surface area contributed by atoms with Gasteiger partial charge in [-0.3, -0.25) is 9.59 Å². The van der Waals surface area contributed by atoms with E-state index in [-0.39, 0.29) is 54.0 Å². The lowest BCUT2D eigenvalue weighted by atomic mass is 9.92. The molecule has 0 bridgehead atoms. The summed E-state index contributed by atoms with van der Waals surface area (Å²) in [5.74, 6) is -0.627. The monoisotopic (exact) mass is 569 g/mol. The maximum absolute atomic E-state index is 13.4. The first kappa shape index (κ1) is 29.5. The summed E-state index contributed by atoms with van der Waals surface area (Å²) in [6.07, 6.45) is 7.27. The molecule has 9 heteroatoms. The van der Waals surface area contributed by atoms with Gasteiger partial charge in [-0.05, 0) is 36.8 Å². The summed E-state index contributed by atoms with van der Waals surface area (Å²) in [6.45, 7) is 0.806. The van der Waals surface area contributed by atoms with E-state index >= 15 is 0 Å². The summed E-state index contributed by atoms with van der Waals surface area (Å²) in [7, 11) is 0. The number of nitrogens with one attached hydrogen (secondary N) is 2. The van der Waals surface area contributed by atoms with Gasteiger partial charge in [0.05, 0.1) is 37.5 Å². The molecule has 4 atom stereocenters. The Kier molecular flexibility index (Phi) is 10.4. The molecule has 1 aromatic heterocycles. The van der Waals surface area contributed by atoms with Crippen molar-refractivity contribution in [3.05, 3.63) is 89.2 Å². The zero-order valence-corrected chi connectivity index (χ0v) is 23.9. The number of aromatic nitrogens is 2.